The zero-order valence-electron chi connectivity index (χ0n) is 31.1. The molecule has 2 N–H and O–H groups in total. The van der Waals surface area contributed by atoms with E-state index in [-0.39, 0.29) is 29.8 Å². The second-order valence-electron chi connectivity index (χ2n) is 15.2. The third kappa shape index (κ3) is 8.44. The molecule has 0 bridgehead atoms. The van der Waals surface area contributed by atoms with Crippen molar-refractivity contribution in [2.75, 3.05) is 23.0 Å². The summed E-state index contributed by atoms with van der Waals surface area (Å²) in [5, 5.41) is 2.09. The summed E-state index contributed by atoms with van der Waals surface area (Å²) < 4.78 is 78.5. The number of thioether (sulfide) groups is 1. The molecule has 2 aliphatic rings. The molecule has 0 spiro atoms. The maximum Gasteiger partial charge on any atom is 0.374 e. The van der Waals surface area contributed by atoms with E-state index in [9.17, 15) is 25.9 Å². The van der Waals surface area contributed by atoms with Gasteiger partial charge in [0.15, 0.2) is 6.54 Å². The zero-order chi connectivity index (χ0) is 39.2. The van der Waals surface area contributed by atoms with Gasteiger partial charge in [0.05, 0.1) is 39.5 Å². The molecule has 0 atom stereocenters. The second-order valence-corrected chi connectivity index (χ2v) is 19.4. The Labute approximate surface area is 330 Å². The van der Waals surface area contributed by atoms with Gasteiger partial charge in [-0.25, -0.2) is 0 Å². The molecule has 14 heteroatoms. The number of oxazole rings is 1. The fourth-order valence-corrected chi connectivity index (χ4v) is 9.93. The average molecular weight is 812 g/mol. The summed E-state index contributed by atoms with van der Waals surface area (Å²) in [4.78, 5) is 3.20. The smallest absolute Gasteiger partial charge is 0.374 e. The Morgan fingerprint density at radius 3 is 2.38 bits per heavy atom. The first-order valence-electron chi connectivity index (χ1n) is 18.5. The van der Waals surface area contributed by atoms with Crippen LogP contribution in [0.1, 0.15) is 45.4 Å². The summed E-state index contributed by atoms with van der Waals surface area (Å²) in [6.07, 6.45) is 14.4. The van der Waals surface area contributed by atoms with Crippen LogP contribution in [0.15, 0.2) is 135 Å². The number of allylic oxidation sites excluding steroid dienone is 4. The number of hydrogen-bond donors (Lipinski definition) is 2. The van der Waals surface area contributed by atoms with Gasteiger partial charge < -0.3 is 18.5 Å². The Balaban J connectivity index is 1.17. The van der Waals surface area contributed by atoms with E-state index in [0.717, 1.165) is 67.4 Å². The highest BCUT2D eigenvalue weighted by Crippen LogP contribution is 2.49. The highest BCUT2D eigenvalue weighted by atomic mass is 32.2. The fraction of sp³-hybridized carbons (Fsp3) is 0.262. The Bertz CT molecular complexity index is 2780. The quantitative estimate of drug-likeness (QED) is 0.0919. The van der Waals surface area contributed by atoms with Crippen molar-refractivity contribution >= 4 is 65.8 Å². The SMILES string of the molecule is CC1(C)CC(/C=C2\Sc3ccc(-n4cccc4)cc3N2CCCS(=O)(=O)O)=CC(=C/c2oc3ccc(-n4ccc5ccccc54)cc3[n+]2CCCS(=O)(=O)O)/C1. The fourth-order valence-electron chi connectivity index (χ4n) is 7.80. The molecule has 0 saturated heterocycles. The van der Waals surface area contributed by atoms with Gasteiger partial charge in [0.1, 0.15) is 0 Å². The van der Waals surface area contributed by atoms with E-state index in [2.05, 4.69) is 71.9 Å². The minimum atomic E-state index is -4.15. The molecule has 1 aliphatic carbocycles. The molecule has 0 radical (unpaired) electrons. The van der Waals surface area contributed by atoms with Crippen molar-refractivity contribution in [2.24, 2.45) is 5.41 Å². The normalized spacial score (nSPS) is 17.4. The molecule has 1 aliphatic heterocycles. The standard InChI is InChI=1S/C42H42N4O7S3/c1-42(2)28-30(23-31(29-42)25-41-46(19-8-22-56(50,51)52)37-26-33(12-14-39(37)54-41)43-16-5-6-17-43)24-40-45(18-7-21-55(47,48)49)36-27-34(11-13-38(36)53-40)44-20-15-32-9-3-4-10-35(32)44/h3-6,9-17,20,23-27H,7-8,18-19,21-22,28-29H2,1-2H3,(H-,47,48,49,50,51,52)/p+1. The first-order valence-corrected chi connectivity index (χ1v) is 22.5. The van der Waals surface area contributed by atoms with Gasteiger partial charge in [0, 0.05) is 48.2 Å². The molecule has 0 saturated carbocycles. The minimum Gasteiger partial charge on any atom is -0.398 e. The summed E-state index contributed by atoms with van der Waals surface area (Å²) in [5.41, 5.74) is 7.47. The minimum absolute atomic E-state index is 0.106. The number of benzene rings is 3. The molecule has 0 amide bonds. The average Bonchev–Trinajstić information content (AvgIpc) is 3.93. The summed E-state index contributed by atoms with van der Waals surface area (Å²) >= 11 is 1.64. The van der Waals surface area contributed by atoms with Gasteiger partial charge >= 0.3 is 5.89 Å². The molecule has 3 aromatic heterocycles. The van der Waals surface area contributed by atoms with Crippen molar-refractivity contribution in [3.63, 3.8) is 0 Å². The number of aryl methyl sites for hydroxylation is 1. The Hall–Kier alpha value is -4.86. The lowest BCUT2D eigenvalue weighted by Gasteiger charge is -2.31. The van der Waals surface area contributed by atoms with Crippen LogP contribution >= 0.6 is 11.8 Å². The highest BCUT2D eigenvalue weighted by Gasteiger charge is 2.31. The maximum atomic E-state index is 11.7. The lowest BCUT2D eigenvalue weighted by atomic mass is 9.75. The Kier molecular flexibility index (Phi) is 10.1. The first kappa shape index (κ1) is 38.0. The van der Waals surface area contributed by atoms with Crippen molar-refractivity contribution in [3.8, 4) is 11.4 Å². The summed E-state index contributed by atoms with van der Waals surface area (Å²) in [5.74, 6) is -0.127. The summed E-state index contributed by atoms with van der Waals surface area (Å²) in [7, 11) is -8.27. The molecule has 56 heavy (non-hydrogen) atoms. The van der Waals surface area contributed by atoms with E-state index in [1.165, 1.54) is 0 Å². The van der Waals surface area contributed by atoms with Gasteiger partial charge in [0.25, 0.3) is 25.8 Å². The van der Waals surface area contributed by atoms with Crippen LogP contribution in [-0.4, -0.2) is 53.1 Å². The van der Waals surface area contributed by atoms with Crippen LogP contribution in [0, 0.1) is 5.41 Å². The lowest BCUT2D eigenvalue weighted by Crippen LogP contribution is -2.36. The Morgan fingerprint density at radius 1 is 0.839 bits per heavy atom. The molecule has 290 valence electrons. The van der Waals surface area contributed by atoms with Crippen molar-refractivity contribution in [2.45, 2.75) is 51.0 Å². The molecule has 0 unspecified atom stereocenters. The van der Waals surface area contributed by atoms with Crippen molar-refractivity contribution in [1.29, 1.82) is 0 Å². The van der Waals surface area contributed by atoms with Gasteiger partial charge in [-0.1, -0.05) is 49.9 Å². The van der Waals surface area contributed by atoms with Crippen LogP contribution in [0.4, 0.5) is 5.69 Å². The van der Waals surface area contributed by atoms with Crippen molar-refractivity contribution in [3.05, 3.63) is 132 Å². The van der Waals surface area contributed by atoms with E-state index in [4.69, 9.17) is 4.42 Å². The maximum absolute atomic E-state index is 11.7. The van der Waals surface area contributed by atoms with Crippen LogP contribution in [0.3, 0.4) is 0 Å². The third-order valence-corrected chi connectivity index (χ3v) is 12.9. The molecule has 6 aromatic rings. The summed E-state index contributed by atoms with van der Waals surface area (Å²) in [6.45, 7) is 5.17. The number of rotatable bonds is 12. The number of nitrogens with zero attached hydrogens (tertiary/aromatic N) is 4. The van der Waals surface area contributed by atoms with Gasteiger partial charge in [-0.05, 0) is 102 Å². The van der Waals surface area contributed by atoms with Crippen molar-refractivity contribution < 1.29 is 34.9 Å². The predicted molar refractivity (Wildman–Crippen MR) is 221 cm³/mol. The number of para-hydroxylation sites is 1. The molecular formula is C42H43N4O7S3+. The van der Waals surface area contributed by atoms with Crippen molar-refractivity contribution in [1.82, 2.24) is 9.13 Å². The predicted octanol–water partition coefficient (Wildman–Crippen LogP) is 8.59. The highest BCUT2D eigenvalue weighted by molar-refractivity contribution is 8.03. The molecule has 11 nitrogen and oxygen atoms in total. The van der Waals surface area contributed by atoms with Crippen LogP contribution < -0.4 is 9.47 Å². The first-order chi connectivity index (χ1) is 26.7. The van der Waals surface area contributed by atoms with Gasteiger partial charge in [0.2, 0.25) is 5.58 Å². The largest absolute Gasteiger partial charge is 0.398 e. The number of hydrogen-bond acceptors (Lipinski definition) is 7. The third-order valence-electron chi connectivity index (χ3n) is 10.1. The monoisotopic (exact) mass is 811 g/mol. The van der Waals surface area contributed by atoms with Crippen LogP contribution in [0.5, 0.6) is 0 Å². The van der Waals surface area contributed by atoms with Gasteiger partial charge in [-0.3, -0.25) is 9.11 Å². The molecule has 8 rings (SSSR count). The number of fused-ring (bicyclic) bond motifs is 3. The zero-order valence-corrected chi connectivity index (χ0v) is 33.5. The van der Waals surface area contributed by atoms with Crippen LogP contribution in [-0.2, 0) is 26.8 Å². The van der Waals surface area contributed by atoms with Gasteiger partial charge in [-0.15, -0.1) is 0 Å². The Morgan fingerprint density at radius 2 is 1.59 bits per heavy atom. The van der Waals surface area contributed by atoms with E-state index in [1.807, 2.05) is 76.3 Å². The molecular weight excluding hydrogens is 769 g/mol. The topological polar surface area (TPSA) is 139 Å². The lowest BCUT2D eigenvalue weighted by molar-refractivity contribution is -0.677. The van der Waals surface area contributed by atoms with Crippen LogP contribution in [0.2, 0.25) is 0 Å². The van der Waals surface area contributed by atoms with Gasteiger partial charge in [-0.2, -0.15) is 21.4 Å². The second kappa shape index (κ2) is 14.9. The molecule has 3 aromatic carbocycles. The van der Waals surface area contributed by atoms with E-state index in [1.54, 1.807) is 11.8 Å². The number of anilines is 1. The number of aromatic nitrogens is 3. The molecule has 0 fully saturated rings. The van der Waals surface area contributed by atoms with E-state index < -0.39 is 20.2 Å². The summed E-state index contributed by atoms with van der Waals surface area (Å²) in [6, 6.07) is 26.4. The molecule has 4 heterocycles. The van der Waals surface area contributed by atoms with E-state index in [0.29, 0.717) is 24.6 Å². The van der Waals surface area contributed by atoms with Crippen LogP contribution in [0.25, 0.3) is 39.5 Å². The van der Waals surface area contributed by atoms with E-state index >= 15 is 0 Å².